The van der Waals surface area contributed by atoms with E-state index in [0.717, 1.165) is 37.8 Å². The standard InChI is InChI=1S/C30H25BrN2O4/c1-37-23-12-13-25-24(17-23)21(18-32-25)15-16-33-28(20-8-10-22(31)11-9-20)27(29(35)30(33)36)26(34)14-7-19-5-3-2-4-6-19/h2-14,17-18,28,32,35H,15-16H2,1H3/b14-7+/t28-/m1/s1. The third kappa shape index (κ3) is 4.95. The number of hydrogen-bond donors (Lipinski definition) is 2. The largest absolute Gasteiger partial charge is 0.503 e. The highest BCUT2D eigenvalue weighted by atomic mass is 79.9. The Balaban J connectivity index is 1.46. The maximum atomic E-state index is 13.3. The Morgan fingerprint density at radius 2 is 1.86 bits per heavy atom. The molecule has 0 unspecified atom stereocenters. The first-order valence-corrected chi connectivity index (χ1v) is 12.7. The number of aliphatic hydroxyl groups is 1. The Kier molecular flexibility index (Phi) is 6.97. The van der Waals surface area contributed by atoms with Crippen molar-refractivity contribution in [2.45, 2.75) is 12.5 Å². The lowest BCUT2D eigenvalue weighted by atomic mass is 9.95. The molecule has 2 heterocycles. The van der Waals surface area contributed by atoms with Gasteiger partial charge in [0.1, 0.15) is 5.75 Å². The third-order valence-corrected chi connectivity index (χ3v) is 7.11. The van der Waals surface area contributed by atoms with Gasteiger partial charge in [0.2, 0.25) is 0 Å². The van der Waals surface area contributed by atoms with Crippen LogP contribution in [0.15, 0.2) is 101 Å². The van der Waals surface area contributed by atoms with E-state index in [-0.39, 0.29) is 5.57 Å². The predicted molar refractivity (Wildman–Crippen MR) is 147 cm³/mol. The van der Waals surface area contributed by atoms with Gasteiger partial charge in [-0.25, -0.2) is 0 Å². The Morgan fingerprint density at radius 1 is 1.11 bits per heavy atom. The predicted octanol–water partition coefficient (Wildman–Crippen LogP) is 6.16. The molecule has 37 heavy (non-hydrogen) atoms. The molecule has 0 saturated carbocycles. The van der Waals surface area contributed by atoms with Gasteiger partial charge >= 0.3 is 0 Å². The smallest absolute Gasteiger partial charge is 0.290 e. The molecule has 4 aromatic rings. The fourth-order valence-electron chi connectivity index (χ4n) is 4.69. The van der Waals surface area contributed by atoms with Crippen LogP contribution in [0.3, 0.4) is 0 Å². The molecule has 1 amide bonds. The normalized spacial score (nSPS) is 15.8. The van der Waals surface area contributed by atoms with E-state index < -0.39 is 23.5 Å². The van der Waals surface area contributed by atoms with Crippen molar-refractivity contribution < 1.29 is 19.4 Å². The molecule has 0 radical (unpaired) electrons. The van der Waals surface area contributed by atoms with Gasteiger partial charge in [-0.1, -0.05) is 64.5 Å². The minimum atomic E-state index is -0.701. The number of aromatic nitrogens is 1. The monoisotopic (exact) mass is 556 g/mol. The molecule has 0 aliphatic carbocycles. The van der Waals surface area contributed by atoms with Crippen molar-refractivity contribution >= 4 is 44.6 Å². The number of amides is 1. The molecular formula is C30H25BrN2O4. The molecule has 2 N–H and O–H groups in total. The summed E-state index contributed by atoms with van der Waals surface area (Å²) in [7, 11) is 1.62. The first-order valence-electron chi connectivity index (χ1n) is 11.9. The number of nitrogens with one attached hydrogen (secondary N) is 1. The number of methoxy groups -OCH3 is 1. The Bertz CT molecular complexity index is 1520. The zero-order chi connectivity index (χ0) is 25.9. The molecular weight excluding hydrogens is 532 g/mol. The maximum absolute atomic E-state index is 13.3. The molecule has 1 aromatic heterocycles. The summed E-state index contributed by atoms with van der Waals surface area (Å²) in [6.07, 6.45) is 5.55. The molecule has 5 rings (SSSR count). The topological polar surface area (TPSA) is 82.6 Å². The summed E-state index contributed by atoms with van der Waals surface area (Å²) in [5.74, 6) is -0.712. The molecule has 1 aliphatic heterocycles. The second-order valence-corrected chi connectivity index (χ2v) is 9.71. The number of fused-ring (bicyclic) bond motifs is 1. The van der Waals surface area contributed by atoms with Crippen LogP contribution in [0.25, 0.3) is 17.0 Å². The minimum Gasteiger partial charge on any atom is -0.503 e. The number of carbonyl (C=O) groups is 2. The molecule has 0 spiro atoms. The lowest BCUT2D eigenvalue weighted by Gasteiger charge is -2.26. The SMILES string of the molecule is COc1ccc2[nH]cc(CCN3C(=O)C(O)=C(C(=O)/C=C/c4ccccc4)[C@H]3c3ccc(Br)cc3)c2c1. The summed E-state index contributed by atoms with van der Waals surface area (Å²) in [5.41, 5.74) is 3.67. The van der Waals surface area contributed by atoms with Crippen LogP contribution in [0.1, 0.15) is 22.7 Å². The highest BCUT2D eigenvalue weighted by molar-refractivity contribution is 9.10. The van der Waals surface area contributed by atoms with Crippen LogP contribution in [0.2, 0.25) is 0 Å². The third-order valence-electron chi connectivity index (χ3n) is 6.58. The summed E-state index contributed by atoms with van der Waals surface area (Å²) >= 11 is 3.45. The van der Waals surface area contributed by atoms with Crippen molar-refractivity contribution in [3.63, 3.8) is 0 Å². The van der Waals surface area contributed by atoms with Crippen molar-refractivity contribution in [3.05, 3.63) is 118 Å². The van der Waals surface area contributed by atoms with E-state index in [4.69, 9.17) is 4.74 Å². The quantitative estimate of drug-likeness (QED) is 0.254. The van der Waals surface area contributed by atoms with Crippen molar-refractivity contribution in [3.8, 4) is 5.75 Å². The Hall–Kier alpha value is -4.10. The van der Waals surface area contributed by atoms with E-state index >= 15 is 0 Å². The van der Waals surface area contributed by atoms with E-state index in [0.29, 0.717) is 13.0 Å². The number of rotatable bonds is 8. The average Bonchev–Trinajstić information content (AvgIpc) is 3.44. The van der Waals surface area contributed by atoms with E-state index in [1.807, 2.05) is 79.0 Å². The Labute approximate surface area is 223 Å². The summed E-state index contributed by atoms with van der Waals surface area (Å²) < 4.78 is 6.25. The van der Waals surface area contributed by atoms with Crippen LogP contribution in [0, 0.1) is 0 Å². The maximum Gasteiger partial charge on any atom is 0.290 e. The van der Waals surface area contributed by atoms with Gasteiger partial charge in [-0.2, -0.15) is 0 Å². The van der Waals surface area contributed by atoms with E-state index in [1.165, 1.54) is 6.08 Å². The number of ether oxygens (including phenoxy) is 1. The van der Waals surface area contributed by atoms with Gasteiger partial charge in [0, 0.05) is 28.1 Å². The van der Waals surface area contributed by atoms with E-state index in [2.05, 4.69) is 20.9 Å². The molecule has 0 fully saturated rings. The van der Waals surface area contributed by atoms with Gasteiger partial charge < -0.3 is 19.7 Å². The number of aromatic amines is 1. The molecule has 0 bridgehead atoms. The number of carbonyl (C=O) groups excluding carboxylic acids is 2. The van der Waals surface area contributed by atoms with Gasteiger partial charge in [0.05, 0.1) is 18.7 Å². The zero-order valence-corrected chi connectivity index (χ0v) is 21.7. The highest BCUT2D eigenvalue weighted by Crippen LogP contribution is 2.38. The van der Waals surface area contributed by atoms with Gasteiger partial charge in [0.15, 0.2) is 11.5 Å². The van der Waals surface area contributed by atoms with Crippen molar-refractivity contribution in [1.29, 1.82) is 0 Å². The number of allylic oxidation sites excluding steroid dienone is 1. The molecule has 6 nitrogen and oxygen atoms in total. The van der Waals surface area contributed by atoms with Crippen molar-refractivity contribution in [2.75, 3.05) is 13.7 Å². The number of benzene rings is 3. The van der Waals surface area contributed by atoms with Gasteiger partial charge in [-0.15, -0.1) is 0 Å². The number of hydrogen-bond acceptors (Lipinski definition) is 4. The van der Waals surface area contributed by atoms with Gasteiger partial charge in [-0.3, -0.25) is 9.59 Å². The Morgan fingerprint density at radius 3 is 2.59 bits per heavy atom. The lowest BCUT2D eigenvalue weighted by molar-refractivity contribution is -0.129. The number of aliphatic hydroxyl groups excluding tert-OH is 1. The molecule has 7 heteroatoms. The summed E-state index contributed by atoms with van der Waals surface area (Å²) in [6.45, 7) is 0.312. The summed E-state index contributed by atoms with van der Waals surface area (Å²) in [5, 5.41) is 11.9. The van der Waals surface area contributed by atoms with Gasteiger partial charge in [-0.05, 0) is 59.5 Å². The van der Waals surface area contributed by atoms with Crippen LogP contribution >= 0.6 is 15.9 Å². The zero-order valence-electron chi connectivity index (χ0n) is 20.1. The van der Waals surface area contributed by atoms with Crippen molar-refractivity contribution in [2.24, 2.45) is 0 Å². The first kappa shape index (κ1) is 24.6. The molecule has 186 valence electrons. The lowest BCUT2D eigenvalue weighted by Crippen LogP contribution is -2.33. The second kappa shape index (κ2) is 10.5. The van der Waals surface area contributed by atoms with Crippen LogP contribution in [-0.4, -0.2) is 40.3 Å². The fourth-order valence-corrected chi connectivity index (χ4v) is 4.95. The molecule has 1 aliphatic rings. The van der Waals surface area contributed by atoms with Crippen LogP contribution < -0.4 is 4.74 Å². The summed E-state index contributed by atoms with van der Waals surface area (Å²) in [6, 6.07) is 22.0. The van der Waals surface area contributed by atoms with Crippen LogP contribution in [0.4, 0.5) is 0 Å². The van der Waals surface area contributed by atoms with Crippen LogP contribution in [0.5, 0.6) is 5.75 Å². The number of ketones is 1. The van der Waals surface area contributed by atoms with E-state index in [9.17, 15) is 14.7 Å². The number of H-pyrrole nitrogens is 1. The summed E-state index contributed by atoms with van der Waals surface area (Å²) in [4.78, 5) is 31.4. The molecule has 3 aromatic carbocycles. The molecule has 1 atom stereocenters. The second-order valence-electron chi connectivity index (χ2n) is 8.80. The van der Waals surface area contributed by atoms with Gasteiger partial charge in [0.25, 0.3) is 5.91 Å². The van der Waals surface area contributed by atoms with E-state index in [1.54, 1.807) is 18.1 Å². The molecule has 0 saturated heterocycles. The van der Waals surface area contributed by atoms with Crippen molar-refractivity contribution in [1.82, 2.24) is 9.88 Å². The average molecular weight is 557 g/mol. The number of nitrogens with zero attached hydrogens (tertiary/aromatic N) is 1. The minimum absolute atomic E-state index is 0.0834. The fraction of sp³-hybridized carbons (Fsp3) is 0.133. The highest BCUT2D eigenvalue weighted by Gasteiger charge is 2.42. The van der Waals surface area contributed by atoms with Crippen LogP contribution in [-0.2, 0) is 16.0 Å². The first-order chi connectivity index (χ1) is 18.0. The number of halogens is 1.